The molecule has 0 saturated carbocycles. The molecule has 18 heavy (non-hydrogen) atoms. The van der Waals surface area contributed by atoms with Gasteiger partial charge in [0.15, 0.2) is 0 Å². The van der Waals surface area contributed by atoms with Crippen LogP contribution in [0.15, 0.2) is 24.3 Å². The van der Waals surface area contributed by atoms with Crippen LogP contribution >= 0.6 is 0 Å². The molecule has 3 N–H and O–H groups in total. The van der Waals surface area contributed by atoms with Gasteiger partial charge in [-0.1, -0.05) is 19.4 Å². The number of imide groups is 1. The van der Waals surface area contributed by atoms with Crippen LogP contribution in [0.5, 0.6) is 0 Å². The van der Waals surface area contributed by atoms with Crippen LogP contribution in [0.1, 0.15) is 26.2 Å². The number of benzene rings is 1. The number of nitrogen functional groups attached to an aromatic ring is 1. The van der Waals surface area contributed by atoms with Crippen LogP contribution in [-0.4, -0.2) is 18.0 Å². The molecule has 1 saturated heterocycles. The summed E-state index contributed by atoms with van der Waals surface area (Å²) >= 11 is 0. The second-order valence-electron chi connectivity index (χ2n) is 4.46. The Balaban J connectivity index is 2.20. The van der Waals surface area contributed by atoms with Gasteiger partial charge in [0.05, 0.1) is 5.69 Å². The maximum Gasteiger partial charge on any atom is 0.328 e. The fourth-order valence-electron chi connectivity index (χ4n) is 2.15. The highest BCUT2D eigenvalue weighted by Crippen LogP contribution is 2.22. The molecule has 0 bridgehead atoms. The van der Waals surface area contributed by atoms with Crippen LogP contribution in [0, 0.1) is 0 Å². The Hall–Kier alpha value is -2.04. The Labute approximate surface area is 106 Å². The molecule has 0 spiro atoms. The van der Waals surface area contributed by atoms with Crippen molar-refractivity contribution in [3.63, 3.8) is 0 Å². The molecule has 1 unspecified atom stereocenters. The first-order chi connectivity index (χ1) is 8.61. The maximum absolute atomic E-state index is 12.0. The number of carbonyl (C=O) groups excluding carboxylic acids is 2. The van der Waals surface area contributed by atoms with E-state index in [4.69, 9.17) is 5.73 Å². The fraction of sp³-hybridized carbons (Fsp3) is 0.385. The Kier molecular flexibility index (Phi) is 3.50. The van der Waals surface area contributed by atoms with Gasteiger partial charge in [-0.05, 0) is 24.6 Å². The molecule has 96 valence electrons. The Morgan fingerprint density at radius 3 is 2.83 bits per heavy atom. The van der Waals surface area contributed by atoms with Crippen LogP contribution in [0.2, 0.25) is 0 Å². The smallest absolute Gasteiger partial charge is 0.328 e. The number of urea groups is 1. The highest BCUT2D eigenvalue weighted by atomic mass is 16.2. The SMILES string of the molecule is CCCC1CC(=O)N(c2cccc(N)c2)C(=O)N1. The average molecular weight is 247 g/mol. The number of carbonyl (C=O) groups is 2. The lowest BCUT2D eigenvalue weighted by atomic mass is 10.1. The predicted molar refractivity (Wildman–Crippen MR) is 70.2 cm³/mol. The van der Waals surface area contributed by atoms with Gasteiger partial charge in [0.2, 0.25) is 5.91 Å². The Bertz CT molecular complexity index is 455. The third-order valence-corrected chi connectivity index (χ3v) is 2.97. The largest absolute Gasteiger partial charge is 0.399 e. The summed E-state index contributed by atoms with van der Waals surface area (Å²) in [6, 6.07) is 6.35. The molecule has 2 rings (SSSR count). The van der Waals surface area contributed by atoms with Crippen LogP contribution in [0.25, 0.3) is 0 Å². The highest BCUT2D eigenvalue weighted by molar-refractivity contribution is 6.16. The van der Waals surface area contributed by atoms with Gasteiger partial charge in [-0.2, -0.15) is 0 Å². The molecule has 1 aromatic carbocycles. The fourth-order valence-corrected chi connectivity index (χ4v) is 2.15. The minimum Gasteiger partial charge on any atom is -0.399 e. The summed E-state index contributed by atoms with van der Waals surface area (Å²) in [5.41, 5.74) is 6.71. The van der Waals surface area contributed by atoms with E-state index >= 15 is 0 Å². The monoisotopic (exact) mass is 247 g/mol. The van der Waals surface area contributed by atoms with Crippen LogP contribution in [0.4, 0.5) is 16.2 Å². The number of amides is 3. The number of nitrogens with two attached hydrogens (primary N) is 1. The zero-order valence-corrected chi connectivity index (χ0v) is 10.3. The molecule has 5 heteroatoms. The number of rotatable bonds is 3. The van der Waals surface area contributed by atoms with E-state index < -0.39 is 0 Å². The van der Waals surface area contributed by atoms with Crippen LogP contribution in [-0.2, 0) is 4.79 Å². The standard InChI is InChI=1S/C13H17N3O2/c1-2-4-10-8-12(17)16(13(18)15-10)11-6-3-5-9(14)7-11/h3,5-7,10H,2,4,8,14H2,1H3,(H,15,18). The average Bonchev–Trinajstić information content (AvgIpc) is 2.28. The van der Waals surface area contributed by atoms with E-state index in [1.807, 2.05) is 6.92 Å². The number of hydrogen-bond donors (Lipinski definition) is 2. The van der Waals surface area contributed by atoms with Crippen LogP contribution < -0.4 is 16.0 Å². The molecule has 0 radical (unpaired) electrons. The summed E-state index contributed by atoms with van der Waals surface area (Å²) in [7, 11) is 0. The summed E-state index contributed by atoms with van der Waals surface area (Å²) in [5, 5.41) is 2.84. The second kappa shape index (κ2) is 5.08. The molecule has 1 atom stereocenters. The van der Waals surface area contributed by atoms with E-state index in [1.54, 1.807) is 24.3 Å². The molecule has 1 fully saturated rings. The van der Waals surface area contributed by atoms with Crippen molar-refractivity contribution in [2.45, 2.75) is 32.2 Å². The van der Waals surface area contributed by atoms with Gasteiger partial charge in [-0.3, -0.25) is 4.79 Å². The molecule has 0 aromatic heterocycles. The van der Waals surface area contributed by atoms with Crippen molar-refractivity contribution < 1.29 is 9.59 Å². The summed E-state index contributed by atoms with van der Waals surface area (Å²) in [6.07, 6.45) is 2.10. The number of hydrogen-bond acceptors (Lipinski definition) is 3. The van der Waals surface area contributed by atoms with Crippen molar-refractivity contribution in [3.8, 4) is 0 Å². The first kappa shape index (κ1) is 12.4. The second-order valence-corrected chi connectivity index (χ2v) is 4.46. The van der Waals surface area contributed by atoms with Crippen LogP contribution in [0.3, 0.4) is 0 Å². The minimum absolute atomic E-state index is 0.0488. The lowest BCUT2D eigenvalue weighted by molar-refractivity contribution is -0.119. The van der Waals surface area contributed by atoms with E-state index in [2.05, 4.69) is 5.32 Å². The quantitative estimate of drug-likeness (QED) is 0.801. The van der Waals surface area contributed by atoms with E-state index in [1.165, 1.54) is 0 Å². The molecule has 1 aliphatic heterocycles. The van der Waals surface area contributed by atoms with Crippen molar-refractivity contribution in [2.75, 3.05) is 10.6 Å². The molecular weight excluding hydrogens is 230 g/mol. The van der Waals surface area contributed by atoms with Crippen molar-refractivity contribution in [3.05, 3.63) is 24.3 Å². The summed E-state index contributed by atoms with van der Waals surface area (Å²) < 4.78 is 0. The topological polar surface area (TPSA) is 75.4 Å². The summed E-state index contributed by atoms with van der Waals surface area (Å²) in [4.78, 5) is 25.1. The lowest BCUT2D eigenvalue weighted by Gasteiger charge is -2.31. The number of anilines is 2. The van der Waals surface area contributed by atoms with Gasteiger partial charge in [0.1, 0.15) is 0 Å². The summed E-state index contributed by atoms with van der Waals surface area (Å²) in [6.45, 7) is 2.03. The zero-order chi connectivity index (χ0) is 13.1. The lowest BCUT2D eigenvalue weighted by Crippen LogP contribution is -2.54. The van der Waals surface area contributed by atoms with E-state index in [0.717, 1.165) is 17.7 Å². The minimum atomic E-state index is -0.365. The maximum atomic E-state index is 12.0. The first-order valence-electron chi connectivity index (χ1n) is 6.10. The molecule has 1 aliphatic rings. The van der Waals surface area contributed by atoms with Crippen molar-refractivity contribution in [1.82, 2.24) is 5.32 Å². The van der Waals surface area contributed by atoms with E-state index in [-0.39, 0.29) is 18.0 Å². The summed E-state index contributed by atoms with van der Waals surface area (Å²) in [5.74, 6) is -0.178. The van der Waals surface area contributed by atoms with E-state index in [9.17, 15) is 9.59 Å². The normalized spacial score (nSPS) is 19.8. The predicted octanol–water partition coefficient (Wildman–Crippen LogP) is 1.88. The molecule has 1 heterocycles. The first-order valence-corrected chi connectivity index (χ1v) is 6.10. The molecular formula is C13H17N3O2. The zero-order valence-electron chi connectivity index (χ0n) is 10.3. The highest BCUT2D eigenvalue weighted by Gasteiger charge is 2.32. The van der Waals surface area contributed by atoms with Crippen molar-refractivity contribution >= 4 is 23.3 Å². The molecule has 0 aliphatic carbocycles. The van der Waals surface area contributed by atoms with Gasteiger partial charge < -0.3 is 11.1 Å². The number of nitrogens with zero attached hydrogens (tertiary/aromatic N) is 1. The molecule has 1 aromatic rings. The third-order valence-electron chi connectivity index (χ3n) is 2.97. The third kappa shape index (κ3) is 2.45. The Morgan fingerprint density at radius 2 is 2.22 bits per heavy atom. The van der Waals surface area contributed by atoms with E-state index in [0.29, 0.717) is 17.8 Å². The Morgan fingerprint density at radius 1 is 1.44 bits per heavy atom. The van der Waals surface area contributed by atoms with Gasteiger partial charge >= 0.3 is 6.03 Å². The van der Waals surface area contributed by atoms with Crippen molar-refractivity contribution in [1.29, 1.82) is 0 Å². The van der Waals surface area contributed by atoms with Crippen molar-refractivity contribution in [2.24, 2.45) is 0 Å². The van der Waals surface area contributed by atoms with Gasteiger partial charge in [-0.25, -0.2) is 9.69 Å². The van der Waals surface area contributed by atoms with Gasteiger partial charge in [-0.15, -0.1) is 0 Å². The molecule has 3 amide bonds. The number of nitrogens with one attached hydrogen (secondary N) is 1. The van der Waals surface area contributed by atoms with Gasteiger partial charge in [0, 0.05) is 18.2 Å². The van der Waals surface area contributed by atoms with Gasteiger partial charge in [0.25, 0.3) is 0 Å². The molecule has 5 nitrogen and oxygen atoms in total.